The van der Waals surface area contributed by atoms with Crippen molar-refractivity contribution in [3.05, 3.63) is 50.2 Å². The smallest absolute Gasteiger partial charge is 0.0596 e. The van der Waals surface area contributed by atoms with Crippen molar-refractivity contribution < 1.29 is 0 Å². The summed E-state index contributed by atoms with van der Waals surface area (Å²) in [5.41, 5.74) is 3.56. The summed E-state index contributed by atoms with van der Waals surface area (Å²) in [7, 11) is 2.00. The highest BCUT2D eigenvalue weighted by atomic mass is 79.9. The van der Waals surface area contributed by atoms with Crippen molar-refractivity contribution >= 4 is 31.9 Å². The van der Waals surface area contributed by atoms with Crippen LogP contribution in [0.4, 0.5) is 0 Å². The standard InChI is InChI=1S/C15H19Br2N3/c1-4-18-15(9-12-7-10(2)19-20(12)3)13-8-11(16)5-6-14(13)17/h5-8,15,18H,4,9H2,1-3H3. The van der Waals surface area contributed by atoms with E-state index in [0.29, 0.717) is 0 Å². The first-order valence-corrected chi connectivity index (χ1v) is 8.27. The van der Waals surface area contributed by atoms with E-state index >= 15 is 0 Å². The number of aromatic nitrogens is 2. The van der Waals surface area contributed by atoms with Crippen molar-refractivity contribution in [2.45, 2.75) is 26.3 Å². The highest BCUT2D eigenvalue weighted by Crippen LogP contribution is 2.29. The minimum atomic E-state index is 0.265. The molecule has 5 heteroatoms. The predicted octanol–water partition coefficient (Wildman–Crippen LogP) is 4.15. The van der Waals surface area contributed by atoms with Crippen LogP contribution in [-0.2, 0) is 13.5 Å². The second kappa shape index (κ2) is 6.87. The highest BCUT2D eigenvalue weighted by molar-refractivity contribution is 9.11. The number of benzene rings is 1. The maximum absolute atomic E-state index is 4.43. The molecule has 20 heavy (non-hydrogen) atoms. The minimum absolute atomic E-state index is 0.265. The van der Waals surface area contributed by atoms with E-state index in [1.54, 1.807) is 0 Å². The number of hydrogen-bond donors (Lipinski definition) is 1. The zero-order chi connectivity index (χ0) is 14.7. The second-order valence-corrected chi connectivity index (χ2v) is 6.65. The van der Waals surface area contributed by atoms with Gasteiger partial charge in [-0.3, -0.25) is 4.68 Å². The van der Waals surface area contributed by atoms with Crippen molar-refractivity contribution in [2.24, 2.45) is 7.05 Å². The molecule has 0 aliphatic heterocycles. The zero-order valence-corrected chi connectivity index (χ0v) is 15.1. The van der Waals surface area contributed by atoms with Crippen LogP contribution in [0.5, 0.6) is 0 Å². The van der Waals surface area contributed by atoms with E-state index in [1.807, 2.05) is 24.7 Å². The fourth-order valence-corrected chi connectivity index (χ4v) is 3.29. The van der Waals surface area contributed by atoms with Gasteiger partial charge >= 0.3 is 0 Å². The Morgan fingerprint density at radius 3 is 2.65 bits per heavy atom. The normalized spacial score (nSPS) is 12.7. The van der Waals surface area contributed by atoms with Crippen LogP contribution in [0.3, 0.4) is 0 Å². The van der Waals surface area contributed by atoms with E-state index in [2.05, 4.69) is 67.4 Å². The summed E-state index contributed by atoms with van der Waals surface area (Å²) in [6.07, 6.45) is 0.917. The van der Waals surface area contributed by atoms with E-state index in [4.69, 9.17) is 0 Å². The average molecular weight is 401 g/mol. The van der Waals surface area contributed by atoms with Crippen LogP contribution >= 0.6 is 31.9 Å². The van der Waals surface area contributed by atoms with E-state index in [-0.39, 0.29) is 6.04 Å². The van der Waals surface area contributed by atoms with Gasteiger partial charge in [-0.15, -0.1) is 0 Å². The summed E-state index contributed by atoms with van der Waals surface area (Å²) in [5, 5.41) is 7.99. The molecule has 2 rings (SSSR count). The largest absolute Gasteiger partial charge is 0.310 e. The van der Waals surface area contributed by atoms with Crippen LogP contribution in [0.25, 0.3) is 0 Å². The van der Waals surface area contributed by atoms with Gasteiger partial charge in [-0.2, -0.15) is 5.10 Å². The molecule has 1 aromatic heterocycles. The van der Waals surface area contributed by atoms with Gasteiger partial charge in [0.1, 0.15) is 0 Å². The Morgan fingerprint density at radius 2 is 2.05 bits per heavy atom. The molecule has 0 fully saturated rings. The van der Waals surface area contributed by atoms with Crippen LogP contribution in [0.1, 0.15) is 29.9 Å². The Hall–Kier alpha value is -0.650. The first kappa shape index (κ1) is 15.7. The summed E-state index contributed by atoms with van der Waals surface area (Å²) in [6, 6.07) is 8.71. The third-order valence-electron chi connectivity index (χ3n) is 3.30. The monoisotopic (exact) mass is 399 g/mol. The molecule has 2 aromatic rings. The molecule has 1 unspecified atom stereocenters. The second-order valence-electron chi connectivity index (χ2n) is 4.88. The Bertz CT molecular complexity index is 593. The van der Waals surface area contributed by atoms with Gasteiger partial charge in [-0.1, -0.05) is 38.8 Å². The van der Waals surface area contributed by atoms with Crippen molar-refractivity contribution in [3.63, 3.8) is 0 Å². The Kier molecular flexibility index (Phi) is 5.41. The molecule has 0 amide bonds. The zero-order valence-electron chi connectivity index (χ0n) is 12.0. The van der Waals surface area contributed by atoms with Gasteiger partial charge in [0.25, 0.3) is 0 Å². The molecule has 108 valence electrons. The fraction of sp³-hybridized carbons (Fsp3) is 0.400. The van der Waals surface area contributed by atoms with Gasteiger partial charge in [-0.25, -0.2) is 0 Å². The SMILES string of the molecule is CCNC(Cc1cc(C)nn1C)c1cc(Br)ccc1Br. The van der Waals surface area contributed by atoms with Gasteiger partial charge in [0.2, 0.25) is 0 Å². The summed E-state index contributed by atoms with van der Waals surface area (Å²) < 4.78 is 4.19. The molecule has 0 saturated heterocycles. The lowest BCUT2D eigenvalue weighted by atomic mass is 10.0. The highest BCUT2D eigenvalue weighted by Gasteiger charge is 2.16. The van der Waals surface area contributed by atoms with Crippen LogP contribution in [0.15, 0.2) is 33.2 Å². The van der Waals surface area contributed by atoms with Crippen LogP contribution in [-0.4, -0.2) is 16.3 Å². The van der Waals surface area contributed by atoms with Gasteiger partial charge in [0.05, 0.1) is 5.69 Å². The van der Waals surface area contributed by atoms with Crippen molar-refractivity contribution in [3.8, 4) is 0 Å². The summed E-state index contributed by atoms with van der Waals surface area (Å²) in [6.45, 7) is 5.09. The molecule has 0 aliphatic carbocycles. The molecular weight excluding hydrogens is 382 g/mol. The number of rotatable bonds is 5. The number of halogens is 2. The molecule has 0 saturated carbocycles. The van der Waals surface area contributed by atoms with Crippen molar-refractivity contribution in [2.75, 3.05) is 6.54 Å². The molecule has 1 atom stereocenters. The Balaban J connectivity index is 2.31. The summed E-state index contributed by atoms with van der Waals surface area (Å²) in [5.74, 6) is 0. The van der Waals surface area contributed by atoms with Gasteiger partial charge in [0.15, 0.2) is 0 Å². The molecule has 1 heterocycles. The summed E-state index contributed by atoms with van der Waals surface area (Å²) in [4.78, 5) is 0. The number of likely N-dealkylation sites (N-methyl/N-ethyl adjacent to an activating group) is 1. The molecule has 1 aromatic carbocycles. The molecule has 0 radical (unpaired) electrons. The van der Waals surface area contributed by atoms with E-state index in [0.717, 1.165) is 27.6 Å². The van der Waals surface area contributed by atoms with Crippen LogP contribution < -0.4 is 5.32 Å². The predicted molar refractivity (Wildman–Crippen MR) is 89.9 cm³/mol. The third kappa shape index (κ3) is 3.71. The summed E-state index contributed by atoms with van der Waals surface area (Å²) >= 11 is 7.21. The molecule has 1 N–H and O–H groups in total. The van der Waals surface area contributed by atoms with Crippen molar-refractivity contribution in [1.82, 2.24) is 15.1 Å². The fourth-order valence-electron chi connectivity index (χ4n) is 2.38. The number of hydrogen-bond acceptors (Lipinski definition) is 2. The quantitative estimate of drug-likeness (QED) is 0.816. The van der Waals surface area contributed by atoms with Gasteiger partial charge in [-0.05, 0) is 43.3 Å². The molecule has 0 aliphatic rings. The molecular formula is C15H19Br2N3. The lowest BCUT2D eigenvalue weighted by Crippen LogP contribution is -2.24. The number of nitrogens with one attached hydrogen (secondary N) is 1. The molecule has 3 nitrogen and oxygen atoms in total. The minimum Gasteiger partial charge on any atom is -0.310 e. The maximum Gasteiger partial charge on any atom is 0.0596 e. The molecule has 0 spiro atoms. The van der Waals surface area contributed by atoms with E-state index in [9.17, 15) is 0 Å². The maximum atomic E-state index is 4.43. The third-order valence-corrected chi connectivity index (χ3v) is 4.51. The molecule has 0 bridgehead atoms. The van der Waals surface area contributed by atoms with E-state index < -0.39 is 0 Å². The van der Waals surface area contributed by atoms with E-state index in [1.165, 1.54) is 11.3 Å². The van der Waals surface area contributed by atoms with Gasteiger partial charge < -0.3 is 5.32 Å². The van der Waals surface area contributed by atoms with Crippen molar-refractivity contribution in [1.29, 1.82) is 0 Å². The first-order valence-electron chi connectivity index (χ1n) is 6.69. The van der Waals surface area contributed by atoms with Crippen LogP contribution in [0, 0.1) is 6.92 Å². The Labute approximate surface area is 137 Å². The number of nitrogens with zero attached hydrogens (tertiary/aromatic N) is 2. The first-order chi connectivity index (χ1) is 9.51. The average Bonchev–Trinajstić information content (AvgIpc) is 2.70. The number of aryl methyl sites for hydroxylation is 2. The Morgan fingerprint density at radius 1 is 1.30 bits per heavy atom. The van der Waals surface area contributed by atoms with Gasteiger partial charge in [0, 0.05) is 34.1 Å². The lowest BCUT2D eigenvalue weighted by Gasteiger charge is -2.20. The van der Waals surface area contributed by atoms with Crippen LogP contribution in [0.2, 0.25) is 0 Å². The topological polar surface area (TPSA) is 29.9 Å². The lowest BCUT2D eigenvalue weighted by molar-refractivity contribution is 0.527.